The Balaban J connectivity index is 2.36. The highest BCUT2D eigenvalue weighted by Crippen LogP contribution is 2.34. The van der Waals surface area contributed by atoms with Crippen molar-refractivity contribution in [1.29, 1.82) is 0 Å². The number of aromatic carboxylic acids is 1. The van der Waals surface area contributed by atoms with Gasteiger partial charge in [0, 0.05) is 20.2 Å². The molecule has 1 aromatic carbocycles. The minimum atomic E-state index is -1.28. The number of para-hydroxylation sites is 1. The Bertz CT molecular complexity index is 544. The number of ether oxygens (including phenoxy) is 1. The molecule has 114 valence electrons. The first-order valence-electron chi connectivity index (χ1n) is 6.79. The summed E-state index contributed by atoms with van der Waals surface area (Å²) in [5.41, 5.74) is -0.227. The van der Waals surface area contributed by atoms with E-state index in [0.717, 1.165) is 12.8 Å². The van der Waals surface area contributed by atoms with Gasteiger partial charge in [0.05, 0.1) is 11.5 Å². The number of carboxylic acids is 1. The molecule has 7 nitrogen and oxygen atoms in total. The van der Waals surface area contributed by atoms with Crippen LogP contribution in [0.15, 0.2) is 18.2 Å². The Morgan fingerprint density at radius 3 is 2.95 bits per heavy atom. The first kappa shape index (κ1) is 15.2. The molecule has 0 amide bonds. The Labute approximate surface area is 122 Å². The van der Waals surface area contributed by atoms with Crippen molar-refractivity contribution < 1.29 is 19.6 Å². The highest BCUT2D eigenvalue weighted by atomic mass is 16.6. The largest absolute Gasteiger partial charge is 0.477 e. The van der Waals surface area contributed by atoms with Crippen molar-refractivity contribution in [2.75, 3.05) is 31.7 Å². The van der Waals surface area contributed by atoms with E-state index in [4.69, 9.17) is 9.84 Å². The molecule has 2 rings (SSSR count). The Hall–Kier alpha value is -2.15. The second-order valence-corrected chi connectivity index (χ2v) is 5.15. The molecule has 0 spiro atoms. The van der Waals surface area contributed by atoms with Crippen LogP contribution in [0.25, 0.3) is 0 Å². The summed E-state index contributed by atoms with van der Waals surface area (Å²) < 4.78 is 5.15. The van der Waals surface area contributed by atoms with Gasteiger partial charge < -0.3 is 14.7 Å². The van der Waals surface area contributed by atoms with Crippen molar-refractivity contribution in [2.24, 2.45) is 5.92 Å². The van der Waals surface area contributed by atoms with Crippen LogP contribution in [-0.4, -0.2) is 42.8 Å². The lowest BCUT2D eigenvalue weighted by Crippen LogP contribution is -2.37. The molecule has 1 heterocycles. The van der Waals surface area contributed by atoms with Crippen LogP contribution in [0, 0.1) is 16.0 Å². The first-order valence-corrected chi connectivity index (χ1v) is 6.79. The number of rotatable bonds is 5. The van der Waals surface area contributed by atoms with Crippen LogP contribution < -0.4 is 4.90 Å². The maximum Gasteiger partial charge on any atom is 0.342 e. The van der Waals surface area contributed by atoms with Crippen molar-refractivity contribution in [3.63, 3.8) is 0 Å². The maximum absolute atomic E-state index is 11.3. The molecular formula is C14H18N2O5. The molecule has 1 N–H and O–H groups in total. The Morgan fingerprint density at radius 2 is 2.33 bits per heavy atom. The van der Waals surface area contributed by atoms with Crippen LogP contribution >= 0.6 is 0 Å². The van der Waals surface area contributed by atoms with Gasteiger partial charge in [0.1, 0.15) is 11.3 Å². The fourth-order valence-electron chi connectivity index (χ4n) is 2.81. The van der Waals surface area contributed by atoms with Gasteiger partial charge in [0.25, 0.3) is 0 Å². The van der Waals surface area contributed by atoms with Crippen LogP contribution in [0.5, 0.6) is 0 Å². The smallest absolute Gasteiger partial charge is 0.342 e. The number of carbonyl (C=O) groups is 1. The summed E-state index contributed by atoms with van der Waals surface area (Å²) in [5.74, 6) is -0.981. The molecule has 7 heteroatoms. The van der Waals surface area contributed by atoms with Gasteiger partial charge in [-0.2, -0.15) is 0 Å². The molecule has 0 aliphatic carbocycles. The summed E-state index contributed by atoms with van der Waals surface area (Å²) >= 11 is 0. The molecule has 0 bridgehead atoms. The van der Waals surface area contributed by atoms with Crippen LogP contribution in [0.1, 0.15) is 23.2 Å². The zero-order chi connectivity index (χ0) is 15.4. The number of benzene rings is 1. The predicted octanol–water partition coefficient (Wildman–Crippen LogP) is 2.16. The number of methoxy groups -OCH3 is 1. The second kappa shape index (κ2) is 6.53. The lowest BCUT2D eigenvalue weighted by Gasteiger charge is -2.33. The van der Waals surface area contributed by atoms with E-state index in [0.29, 0.717) is 31.3 Å². The van der Waals surface area contributed by atoms with Gasteiger partial charge in [-0.3, -0.25) is 10.1 Å². The zero-order valence-electron chi connectivity index (χ0n) is 11.8. The zero-order valence-corrected chi connectivity index (χ0v) is 11.8. The fourth-order valence-corrected chi connectivity index (χ4v) is 2.81. The first-order chi connectivity index (χ1) is 10.0. The Kier molecular flexibility index (Phi) is 4.74. The minimum absolute atomic E-state index is 0.272. The van der Waals surface area contributed by atoms with Crippen molar-refractivity contribution >= 4 is 17.3 Å². The van der Waals surface area contributed by atoms with Crippen molar-refractivity contribution in [2.45, 2.75) is 12.8 Å². The van der Waals surface area contributed by atoms with Gasteiger partial charge >= 0.3 is 11.7 Å². The highest BCUT2D eigenvalue weighted by Gasteiger charge is 2.29. The SMILES string of the molecule is COCC1CCCN(c2cccc(C(=O)O)c2[N+](=O)[O-])C1. The van der Waals surface area contributed by atoms with Crippen LogP contribution in [0.3, 0.4) is 0 Å². The van der Waals surface area contributed by atoms with Crippen LogP contribution in [0.2, 0.25) is 0 Å². The van der Waals surface area contributed by atoms with E-state index in [2.05, 4.69) is 0 Å². The van der Waals surface area contributed by atoms with Gasteiger partial charge in [0.15, 0.2) is 0 Å². The molecule has 1 atom stereocenters. The monoisotopic (exact) mass is 294 g/mol. The molecule has 0 saturated carbocycles. The molecule has 1 aliphatic rings. The summed E-state index contributed by atoms with van der Waals surface area (Å²) in [6.07, 6.45) is 1.92. The molecule has 0 radical (unpaired) electrons. The van der Waals surface area contributed by atoms with E-state index in [9.17, 15) is 14.9 Å². The average molecular weight is 294 g/mol. The van der Waals surface area contributed by atoms with E-state index in [1.54, 1.807) is 19.2 Å². The third kappa shape index (κ3) is 3.30. The number of anilines is 1. The standard InChI is InChI=1S/C14H18N2O5/c1-21-9-10-4-3-7-15(8-10)12-6-2-5-11(14(17)18)13(12)16(19)20/h2,5-6,10H,3-4,7-9H2,1H3,(H,17,18). The van der Waals surface area contributed by atoms with Crippen molar-refractivity contribution in [1.82, 2.24) is 0 Å². The highest BCUT2D eigenvalue weighted by molar-refractivity contribution is 5.95. The second-order valence-electron chi connectivity index (χ2n) is 5.15. The number of hydrogen-bond acceptors (Lipinski definition) is 5. The predicted molar refractivity (Wildman–Crippen MR) is 76.9 cm³/mol. The minimum Gasteiger partial charge on any atom is -0.477 e. The molecule has 21 heavy (non-hydrogen) atoms. The van der Waals surface area contributed by atoms with E-state index in [-0.39, 0.29) is 11.3 Å². The van der Waals surface area contributed by atoms with Crippen LogP contribution in [-0.2, 0) is 4.74 Å². The molecule has 1 unspecified atom stereocenters. The van der Waals surface area contributed by atoms with Crippen LogP contribution in [0.4, 0.5) is 11.4 Å². The van der Waals surface area contributed by atoms with Crippen molar-refractivity contribution in [3.05, 3.63) is 33.9 Å². The number of hydrogen-bond donors (Lipinski definition) is 1. The molecule has 1 saturated heterocycles. The Morgan fingerprint density at radius 1 is 1.57 bits per heavy atom. The van der Waals surface area contributed by atoms with Gasteiger partial charge in [-0.25, -0.2) is 4.79 Å². The lowest BCUT2D eigenvalue weighted by atomic mass is 9.97. The van der Waals surface area contributed by atoms with Gasteiger partial charge in [-0.05, 0) is 30.9 Å². The van der Waals surface area contributed by atoms with E-state index in [1.165, 1.54) is 6.07 Å². The maximum atomic E-state index is 11.3. The van der Waals surface area contributed by atoms with E-state index in [1.807, 2.05) is 4.90 Å². The summed E-state index contributed by atoms with van der Waals surface area (Å²) in [4.78, 5) is 23.7. The molecule has 1 aliphatic heterocycles. The van der Waals surface area contributed by atoms with Gasteiger partial charge in [-0.1, -0.05) is 6.07 Å². The summed E-state index contributed by atoms with van der Waals surface area (Å²) in [5, 5.41) is 20.4. The number of nitro benzene ring substituents is 1. The third-order valence-corrected chi connectivity index (χ3v) is 3.69. The molecule has 1 fully saturated rings. The van der Waals surface area contributed by atoms with E-state index >= 15 is 0 Å². The normalized spacial score (nSPS) is 18.5. The van der Waals surface area contributed by atoms with Crippen molar-refractivity contribution in [3.8, 4) is 0 Å². The third-order valence-electron chi connectivity index (χ3n) is 3.69. The number of carboxylic acid groups (broad SMARTS) is 1. The molecular weight excluding hydrogens is 276 g/mol. The van der Waals surface area contributed by atoms with E-state index < -0.39 is 10.9 Å². The number of nitro groups is 1. The summed E-state index contributed by atoms with van der Waals surface area (Å²) in [6, 6.07) is 4.42. The van der Waals surface area contributed by atoms with Gasteiger partial charge in [0.2, 0.25) is 0 Å². The van der Waals surface area contributed by atoms with Gasteiger partial charge in [-0.15, -0.1) is 0 Å². The lowest BCUT2D eigenvalue weighted by molar-refractivity contribution is -0.384. The number of nitrogens with zero attached hydrogens (tertiary/aromatic N) is 2. The quantitative estimate of drug-likeness (QED) is 0.660. The fraction of sp³-hybridized carbons (Fsp3) is 0.500. The topological polar surface area (TPSA) is 92.9 Å². The summed E-state index contributed by atoms with van der Waals surface area (Å²) in [7, 11) is 1.63. The average Bonchev–Trinajstić information content (AvgIpc) is 2.47. The molecule has 0 aromatic heterocycles. The molecule has 1 aromatic rings. The number of piperidine rings is 1. The summed E-state index contributed by atoms with van der Waals surface area (Å²) in [6.45, 7) is 1.92.